The van der Waals surface area contributed by atoms with E-state index in [4.69, 9.17) is 14.6 Å². The minimum absolute atomic E-state index is 0.0212. The molecule has 0 radical (unpaired) electrons. The number of aryl methyl sites for hydroxylation is 2. The molecule has 132 valence electrons. The molecule has 5 nitrogen and oxygen atoms in total. The summed E-state index contributed by atoms with van der Waals surface area (Å²) in [6, 6.07) is 11.4. The molecule has 0 unspecified atom stereocenters. The van der Waals surface area contributed by atoms with Crippen LogP contribution >= 0.6 is 0 Å². The van der Waals surface area contributed by atoms with Crippen molar-refractivity contribution in [3.63, 3.8) is 0 Å². The molecule has 2 aromatic carbocycles. The molecule has 0 aromatic heterocycles. The average Bonchev–Trinajstić information content (AvgIpc) is 2.52. The Morgan fingerprint density at radius 1 is 1.00 bits per heavy atom. The van der Waals surface area contributed by atoms with E-state index in [0.717, 1.165) is 33.6 Å². The number of rotatable bonds is 7. The molecular weight excluding hydrogens is 320 g/mol. The number of esters is 1. The van der Waals surface area contributed by atoms with Gasteiger partial charge in [-0.1, -0.05) is 24.3 Å². The second-order valence-electron chi connectivity index (χ2n) is 5.89. The van der Waals surface area contributed by atoms with Crippen LogP contribution in [0.2, 0.25) is 0 Å². The van der Waals surface area contributed by atoms with Gasteiger partial charge in [0.2, 0.25) is 0 Å². The first-order valence-corrected chi connectivity index (χ1v) is 8.05. The maximum Gasteiger partial charge on any atom is 0.307 e. The minimum atomic E-state index is -0.838. The topological polar surface area (TPSA) is 72.8 Å². The van der Waals surface area contributed by atoms with Crippen LogP contribution in [-0.2, 0) is 20.7 Å². The van der Waals surface area contributed by atoms with Crippen molar-refractivity contribution in [2.75, 3.05) is 13.2 Å². The van der Waals surface area contributed by atoms with Crippen LogP contribution in [0.15, 0.2) is 36.4 Å². The van der Waals surface area contributed by atoms with E-state index < -0.39 is 5.97 Å². The molecule has 0 spiro atoms. The third-order valence-electron chi connectivity index (χ3n) is 3.76. The van der Waals surface area contributed by atoms with Gasteiger partial charge in [0.05, 0.1) is 6.42 Å². The number of ether oxygens (including phenoxy) is 2. The van der Waals surface area contributed by atoms with E-state index in [1.807, 2.05) is 50.2 Å². The van der Waals surface area contributed by atoms with Gasteiger partial charge in [0.25, 0.3) is 0 Å². The molecular formula is C20H22O5. The molecule has 0 heterocycles. The molecule has 0 fully saturated rings. The number of carbonyl (C=O) groups excluding carboxylic acids is 1. The molecule has 0 saturated heterocycles. The summed E-state index contributed by atoms with van der Waals surface area (Å²) in [5.74, 6) is -0.429. The molecule has 1 N–H and O–H groups in total. The normalized spacial score (nSPS) is 10.4. The summed E-state index contributed by atoms with van der Waals surface area (Å²) in [5, 5.41) is 8.85. The average molecular weight is 342 g/mol. The molecule has 0 amide bonds. The molecule has 0 aliphatic rings. The lowest BCUT2D eigenvalue weighted by Gasteiger charge is -2.14. The first-order chi connectivity index (χ1) is 11.9. The van der Waals surface area contributed by atoms with Crippen LogP contribution in [0.4, 0.5) is 0 Å². The van der Waals surface area contributed by atoms with E-state index in [2.05, 4.69) is 0 Å². The highest BCUT2D eigenvalue weighted by Crippen LogP contribution is 2.31. The van der Waals surface area contributed by atoms with Gasteiger partial charge in [0, 0.05) is 6.92 Å². The number of carboxylic acids is 1. The Morgan fingerprint density at radius 3 is 2.12 bits per heavy atom. The Morgan fingerprint density at radius 2 is 1.60 bits per heavy atom. The number of carbonyl (C=O) groups is 2. The smallest absolute Gasteiger partial charge is 0.307 e. The fraction of sp³-hybridized carbons (Fsp3) is 0.300. The van der Waals surface area contributed by atoms with Gasteiger partial charge in [0.15, 0.2) is 0 Å². The SMILES string of the molecule is CC(=O)OCCOc1cc(C)c(-c2ccc(CC(=O)O)cc2)c(C)c1. The Balaban J connectivity index is 2.13. The monoisotopic (exact) mass is 342 g/mol. The Bertz CT molecular complexity index is 739. The van der Waals surface area contributed by atoms with Crippen molar-refractivity contribution in [2.24, 2.45) is 0 Å². The fourth-order valence-corrected chi connectivity index (χ4v) is 2.77. The predicted molar refractivity (Wildman–Crippen MR) is 94.8 cm³/mol. The summed E-state index contributed by atoms with van der Waals surface area (Å²) in [6.45, 7) is 5.91. The number of hydrogen-bond donors (Lipinski definition) is 1. The summed E-state index contributed by atoms with van der Waals surface area (Å²) >= 11 is 0. The van der Waals surface area contributed by atoms with Gasteiger partial charge in [-0.3, -0.25) is 9.59 Å². The highest BCUT2D eigenvalue weighted by molar-refractivity contribution is 5.74. The Kier molecular flexibility index (Phi) is 6.17. The van der Waals surface area contributed by atoms with Crippen LogP contribution in [0.5, 0.6) is 5.75 Å². The van der Waals surface area contributed by atoms with Gasteiger partial charge >= 0.3 is 11.9 Å². The van der Waals surface area contributed by atoms with Crippen molar-refractivity contribution < 1.29 is 24.2 Å². The zero-order chi connectivity index (χ0) is 18.4. The van der Waals surface area contributed by atoms with Crippen molar-refractivity contribution in [3.05, 3.63) is 53.1 Å². The van der Waals surface area contributed by atoms with Crippen LogP contribution in [0.25, 0.3) is 11.1 Å². The summed E-state index contributed by atoms with van der Waals surface area (Å²) in [7, 11) is 0. The summed E-state index contributed by atoms with van der Waals surface area (Å²) in [6.07, 6.45) is 0.0212. The fourth-order valence-electron chi connectivity index (χ4n) is 2.77. The number of carboxylic acid groups (broad SMARTS) is 1. The zero-order valence-electron chi connectivity index (χ0n) is 14.7. The molecule has 2 rings (SSSR count). The highest BCUT2D eigenvalue weighted by Gasteiger charge is 2.09. The highest BCUT2D eigenvalue weighted by atomic mass is 16.6. The van der Waals surface area contributed by atoms with Crippen molar-refractivity contribution in [3.8, 4) is 16.9 Å². The van der Waals surface area contributed by atoms with E-state index in [0.29, 0.717) is 6.61 Å². The van der Waals surface area contributed by atoms with E-state index in [1.54, 1.807) is 0 Å². The van der Waals surface area contributed by atoms with Crippen LogP contribution in [-0.4, -0.2) is 30.3 Å². The summed E-state index contributed by atoms with van der Waals surface area (Å²) in [5.41, 5.74) is 5.05. The number of aliphatic carboxylic acids is 1. The van der Waals surface area contributed by atoms with Crippen LogP contribution in [0.3, 0.4) is 0 Å². The molecule has 2 aromatic rings. The van der Waals surface area contributed by atoms with E-state index in [-0.39, 0.29) is 19.0 Å². The first kappa shape index (κ1) is 18.5. The second kappa shape index (κ2) is 8.33. The zero-order valence-corrected chi connectivity index (χ0v) is 14.7. The van der Waals surface area contributed by atoms with Gasteiger partial charge < -0.3 is 14.6 Å². The van der Waals surface area contributed by atoms with Gasteiger partial charge in [0.1, 0.15) is 19.0 Å². The lowest BCUT2D eigenvalue weighted by molar-refractivity contribution is -0.141. The van der Waals surface area contributed by atoms with Crippen LogP contribution in [0, 0.1) is 13.8 Å². The van der Waals surface area contributed by atoms with Gasteiger partial charge in [-0.2, -0.15) is 0 Å². The maximum atomic E-state index is 10.8. The third kappa shape index (κ3) is 5.35. The van der Waals surface area contributed by atoms with Gasteiger partial charge in [-0.25, -0.2) is 0 Å². The lowest BCUT2D eigenvalue weighted by Crippen LogP contribution is -2.09. The molecule has 0 aliphatic heterocycles. The number of benzene rings is 2. The predicted octanol–water partition coefficient (Wildman–Crippen LogP) is 3.54. The second-order valence-corrected chi connectivity index (χ2v) is 5.89. The van der Waals surface area contributed by atoms with Gasteiger partial charge in [-0.15, -0.1) is 0 Å². The first-order valence-electron chi connectivity index (χ1n) is 8.05. The summed E-state index contributed by atoms with van der Waals surface area (Å²) in [4.78, 5) is 21.5. The molecule has 0 saturated carbocycles. The lowest BCUT2D eigenvalue weighted by atomic mass is 9.94. The number of hydrogen-bond acceptors (Lipinski definition) is 4. The third-order valence-corrected chi connectivity index (χ3v) is 3.76. The van der Waals surface area contributed by atoms with Crippen molar-refractivity contribution in [2.45, 2.75) is 27.2 Å². The Labute approximate surface area is 147 Å². The molecule has 5 heteroatoms. The van der Waals surface area contributed by atoms with E-state index in [9.17, 15) is 9.59 Å². The largest absolute Gasteiger partial charge is 0.490 e. The molecule has 0 bridgehead atoms. The molecule has 25 heavy (non-hydrogen) atoms. The van der Waals surface area contributed by atoms with Crippen molar-refractivity contribution in [1.82, 2.24) is 0 Å². The quantitative estimate of drug-likeness (QED) is 0.615. The standard InChI is InChI=1S/C20H22O5/c1-13-10-18(25-9-8-24-15(3)21)11-14(2)20(13)17-6-4-16(5-7-17)12-19(22)23/h4-7,10-11H,8-9,12H2,1-3H3,(H,22,23). The molecule has 0 aliphatic carbocycles. The van der Waals surface area contributed by atoms with E-state index >= 15 is 0 Å². The maximum absolute atomic E-state index is 10.8. The van der Waals surface area contributed by atoms with E-state index in [1.165, 1.54) is 6.92 Å². The van der Waals surface area contributed by atoms with Crippen molar-refractivity contribution in [1.29, 1.82) is 0 Å². The van der Waals surface area contributed by atoms with Gasteiger partial charge in [-0.05, 0) is 53.8 Å². The minimum Gasteiger partial charge on any atom is -0.490 e. The molecule has 0 atom stereocenters. The van der Waals surface area contributed by atoms with Crippen LogP contribution in [0.1, 0.15) is 23.6 Å². The summed E-state index contributed by atoms with van der Waals surface area (Å²) < 4.78 is 10.5. The van der Waals surface area contributed by atoms with Crippen LogP contribution < -0.4 is 4.74 Å². The Hall–Kier alpha value is -2.82. The van der Waals surface area contributed by atoms with Crippen molar-refractivity contribution >= 4 is 11.9 Å².